The predicted octanol–water partition coefficient (Wildman–Crippen LogP) is 2.42. The molecule has 6 heteroatoms. The number of hydrogen-bond donors (Lipinski definition) is 1. The fourth-order valence-electron chi connectivity index (χ4n) is 2.48. The summed E-state index contributed by atoms with van der Waals surface area (Å²) in [5.41, 5.74) is 6.47. The van der Waals surface area contributed by atoms with Crippen molar-refractivity contribution in [2.45, 2.75) is 13.0 Å². The van der Waals surface area contributed by atoms with E-state index in [0.29, 0.717) is 17.1 Å². The Balaban J connectivity index is 2.45. The van der Waals surface area contributed by atoms with Crippen LogP contribution in [0.4, 0.5) is 4.39 Å². The van der Waals surface area contributed by atoms with Crippen LogP contribution in [0.3, 0.4) is 0 Å². The van der Waals surface area contributed by atoms with Gasteiger partial charge in [-0.2, -0.15) is 5.26 Å². The summed E-state index contributed by atoms with van der Waals surface area (Å²) in [5, 5.41) is 8.94. The quantitative estimate of drug-likeness (QED) is 0.788. The van der Waals surface area contributed by atoms with Gasteiger partial charge < -0.3 is 5.73 Å². The van der Waals surface area contributed by atoms with Gasteiger partial charge in [0.2, 0.25) is 0 Å². The van der Waals surface area contributed by atoms with Crippen LogP contribution in [-0.4, -0.2) is 9.55 Å². The average Bonchev–Trinajstić information content (AvgIpc) is 2.54. The molecule has 23 heavy (non-hydrogen) atoms. The Labute approximate surface area is 131 Å². The van der Waals surface area contributed by atoms with Crippen LogP contribution < -0.4 is 11.3 Å². The number of aromatic nitrogens is 2. The summed E-state index contributed by atoms with van der Waals surface area (Å²) in [6, 6.07) is 12.2. The van der Waals surface area contributed by atoms with E-state index >= 15 is 0 Å². The molecule has 3 aromatic rings. The van der Waals surface area contributed by atoms with E-state index in [4.69, 9.17) is 11.0 Å². The van der Waals surface area contributed by atoms with E-state index in [9.17, 15) is 9.18 Å². The first-order chi connectivity index (χ1) is 11.0. The molecule has 1 heterocycles. The Hall–Kier alpha value is -3.04. The van der Waals surface area contributed by atoms with Gasteiger partial charge in [-0.3, -0.25) is 9.36 Å². The normalized spacial score (nSPS) is 12.1. The molecule has 0 aliphatic rings. The van der Waals surface area contributed by atoms with E-state index in [-0.39, 0.29) is 10.9 Å². The Morgan fingerprint density at radius 3 is 2.74 bits per heavy atom. The highest BCUT2D eigenvalue weighted by molar-refractivity contribution is 5.78. The Bertz CT molecular complexity index is 1000. The molecule has 0 bridgehead atoms. The van der Waals surface area contributed by atoms with Crippen LogP contribution in [0, 0.1) is 17.1 Å². The molecule has 0 aliphatic heterocycles. The minimum atomic E-state index is -0.638. The summed E-state index contributed by atoms with van der Waals surface area (Å²) >= 11 is 0. The first-order valence-electron chi connectivity index (χ1n) is 7.00. The average molecular weight is 308 g/mol. The van der Waals surface area contributed by atoms with Crippen LogP contribution in [0.15, 0.2) is 47.3 Å². The lowest BCUT2D eigenvalue weighted by Crippen LogP contribution is -2.28. The van der Waals surface area contributed by atoms with Gasteiger partial charge in [-0.25, -0.2) is 9.37 Å². The third-order valence-corrected chi connectivity index (χ3v) is 3.51. The lowest BCUT2D eigenvalue weighted by atomic mass is 10.1. The van der Waals surface area contributed by atoms with Crippen molar-refractivity contribution in [3.8, 4) is 11.8 Å². The molecular formula is C17H13FN4O. The second-order valence-electron chi connectivity index (χ2n) is 5.20. The van der Waals surface area contributed by atoms with Gasteiger partial charge in [-0.15, -0.1) is 0 Å². The zero-order valence-electron chi connectivity index (χ0n) is 12.3. The molecule has 2 N–H and O–H groups in total. The minimum Gasteiger partial charge on any atom is -0.322 e. The second-order valence-corrected chi connectivity index (χ2v) is 5.20. The van der Waals surface area contributed by atoms with Crippen molar-refractivity contribution >= 4 is 10.9 Å². The lowest BCUT2D eigenvalue weighted by molar-refractivity contribution is 0.633. The largest absolute Gasteiger partial charge is 0.322 e. The summed E-state index contributed by atoms with van der Waals surface area (Å²) in [6.07, 6.45) is 0. The number of benzene rings is 2. The zero-order valence-corrected chi connectivity index (χ0v) is 12.3. The molecule has 1 atom stereocenters. The number of hydrogen-bond acceptors (Lipinski definition) is 4. The molecule has 5 nitrogen and oxygen atoms in total. The van der Waals surface area contributed by atoms with Crippen molar-refractivity contribution in [3.63, 3.8) is 0 Å². The molecule has 0 fully saturated rings. The van der Waals surface area contributed by atoms with E-state index in [1.54, 1.807) is 37.3 Å². The molecule has 3 rings (SSSR count). The van der Waals surface area contributed by atoms with Gasteiger partial charge in [-0.05, 0) is 37.3 Å². The summed E-state index contributed by atoms with van der Waals surface area (Å²) in [5.74, 6) is -0.329. The van der Waals surface area contributed by atoms with Gasteiger partial charge in [0.05, 0.1) is 28.9 Å². The van der Waals surface area contributed by atoms with Gasteiger partial charge in [-0.1, -0.05) is 12.1 Å². The number of fused-ring (bicyclic) bond motifs is 1. The van der Waals surface area contributed by atoms with Crippen LogP contribution in [0.25, 0.3) is 16.6 Å². The summed E-state index contributed by atoms with van der Waals surface area (Å²) in [4.78, 5) is 17.2. The van der Waals surface area contributed by atoms with Crippen molar-refractivity contribution in [2.75, 3.05) is 0 Å². The standard InChI is InChI=1S/C17H13FN4O/c1-10(20)16-21-14-7-3-6-13(18)15(14)17(23)22(16)12-5-2-4-11(8-12)9-19/h2-8,10H,20H2,1H3. The van der Waals surface area contributed by atoms with Crippen LogP contribution in [0.2, 0.25) is 0 Å². The summed E-state index contributed by atoms with van der Waals surface area (Å²) in [6.45, 7) is 1.69. The molecule has 1 unspecified atom stereocenters. The zero-order chi connectivity index (χ0) is 16.6. The molecule has 2 aromatic carbocycles. The highest BCUT2D eigenvalue weighted by atomic mass is 19.1. The van der Waals surface area contributed by atoms with Crippen LogP contribution in [0.1, 0.15) is 24.4 Å². The SMILES string of the molecule is CC(N)c1nc2cccc(F)c2c(=O)n1-c1cccc(C#N)c1. The van der Waals surface area contributed by atoms with Crippen LogP contribution in [0.5, 0.6) is 0 Å². The van der Waals surface area contributed by atoms with Gasteiger partial charge in [0.1, 0.15) is 17.0 Å². The predicted molar refractivity (Wildman–Crippen MR) is 84.6 cm³/mol. The molecule has 0 spiro atoms. The number of rotatable bonds is 2. The molecule has 1 aromatic heterocycles. The fourth-order valence-corrected chi connectivity index (χ4v) is 2.48. The Morgan fingerprint density at radius 1 is 1.30 bits per heavy atom. The van der Waals surface area contributed by atoms with Gasteiger partial charge >= 0.3 is 0 Å². The molecule has 0 radical (unpaired) electrons. The van der Waals surface area contributed by atoms with E-state index in [2.05, 4.69) is 4.98 Å². The van der Waals surface area contributed by atoms with Crippen molar-refractivity contribution in [2.24, 2.45) is 5.73 Å². The minimum absolute atomic E-state index is 0.0979. The van der Waals surface area contributed by atoms with Crippen LogP contribution in [-0.2, 0) is 0 Å². The molecule has 0 saturated heterocycles. The Kier molecular flexibility index (Phi) is 3.64. The van der Waals surface area contributed by atoms with E-state index in [1.165, 1.54) is 16.7 Å². The molecule has 0 amide bonds. The summed E-state index contributed by atoms with van der Waals surface area (Å²) in [7, 11) is 0. The molecule has 0 aliphatic carbocycles. The third-order valence-electron chi connectivity index (χ3n) is 3.51. The molecular weight excluding hydrogens is 295 g/mol. The number of halogens is 1. The van der Waals surface area contributed by atoms with E-state index in [0.717, 1.165) is 0 Å². The third kappa shape index (κ3) is 2.47. The fraction of sp³-hybridized carbons (Fsp3) is 0.118. The van der Waals surface area contributed by atoms with Crippen molar-refractivity contribution in [3.05, 3.63) is 70.0 Å². The Morgan fingerprint density at radius 2 is 2.04 bits per heavy atom. The van der Waals surface area contributed by atoms with Gasteiger partial charge in [0.15, 0.2) is 0 Å². The van der Waals surface area contributed by atoms with E-state index in [1.807, 2.05) is 6.07 Å². The van der Waals surface area contributed by atoms with E-state index < -0.39 is 17.4 Å². The maximum Gasteiger partial charge on any atom is 0.269 e. The smallest absolute Gasteiger partial charge is 0.269 e. The second kappa shape index (κ2) is 5.63. The molecule has 114 valence electrons. The topological polar surface area (TPSA) is 84.7 Å². The van der Waals surface area contributed by atoms with Crippen molar-refractivity contribution < 1.29 is 4.39 Å². The lowest BCUT2D eigenvalue weighted by Gasteiger charge is -2.16. The highest BCUT2D eigenvalue weighted by Crippen LogP contribution is 2.19. The monoisotopic (exact) mass is 308 g/mol. The van der Waals surface area contributed by atoms with Gasteiger partial charge in [0.25, 0.3) is 5.56 Å². The van der Waals surface area contributed by atoms with Crippen LogP contribution >= 0.6 is 0 Å². The number of nitrogens with two attached hydrogens (primary N) is 1. The number of nitrogens with zero attached hydrogens (tertiary/aromatic N) is 3. The summed E-state index contributed by atoms with van der Waals surface area (Å²) < 4.78 is 15.3. The highest BCUT2D eigenvalue weighted by Gasteiger charge is 2.17. The first kappa shape index (κ1) is 14.9. The molecule has 0 saturated carbocycles. The first-order valence-corrected chi connectivity index (χ1v) is 7.00. The van der Waals surface area contributed by atoms with Crippen molar-refractivity contribution in [1.29, 1.82) is 5.26 Å². The maximum atomic E-state index is 14.1. The van der Waals surface area contributed by atoms with Crippen molar-refractivity contribution in [1.82, 2.24) is 9.55 Å². The maximum absolute atomic E-state index is 14.1. The van der Waals surface area contributed by atoms with Gasteiger partial charge in [0, 0.05) is 0 Å². The number of nitriles is 1.